The molecule has 1 aliphatic rings. The number of carbonyl (C=O) groups excluding carboxylic acids is 1. The van der Waals surface area contributed by atoms with E-state index in [1.807, 2.05) is 0 Å². The third kappa shape index (κ3) is 4.23. The van der Waals surface area contributed by atoms with Gasteiger partial charge in [-0.3, -0.25) is 4.79 Å². The van der Waals surface area contributed by atoms with E-state index in [1.54, 1.807) is 0 Å². The van der Waals surface area contributed by atoms with E-state index in [2.05, 4.69) is 10.0 Å². The number of halogens is 3. The highest BCUT2D eigenvalue weighted by molar-refractivity contribution is 7.89. The maximum Gasteiger partial charge on any atom is 0.418 e. The van der Waals surface area contributed by atoms with E-state index in [9.17, 15) is 26.4 Å². The van der Waals surface area contributed by atoms with Crippen LogP contribution in [0.4, 0.5) is 18.9 Å². The molecule has 3 rings (SSSR count). The number of carbonyl (C=O) groups is 1. The molecule has 0 unspecified atom stereocenters. The first-order valence-corrected chi connectivity index (χ1v) is 9.25. The largest absolute Gasteiger partial charge is 0.418 e. The smallest absolute Gasteiger partial charge is 0.321 e. The Kier molecular flexibility index (Phi) is 4.76. The van der Waals surface area contributed by atoms with E-state index in [4.69, 9.17) is 0 Å². The average molecular weight is 384 g/mol. The van der Waals surface area contributed by atoms with Gasteiger partial charge in [-0.2, -0.15) is 13.2 Å². The molecule has 9 heteroatoms. The van der Waals surface area contributed by atoms with E-state index < -0.39 is 33.4 Å². The number of nitrogens with one attached hydrogen (secondary N) is 2. The van der Waals surface area contributed by atoms with Crippen molar-refractivity contribution in [3.8, 4) is 0 Å². The van der Waals surface area contributed by atoms with Crippen LogP contribution in [-0.2, 0) is 16.2 Å². The summed E-state index contributed by atoms with van der Waals surface area (Å²) >= 11 is 0. The molecular weight excluding hydrogens is 369 g/mol. The van der Waals surface area contributed by atoms with Gasteiger partial charge in [-0.05, 0) is 43.2 Å². The van der Waals surface area contributed by atoms with Gasteiger partial charge in [-0.1, -0.05) is 18.2 Å². The number of hydrogen-bond donors (Lipinski definition) is 2. The zero-order valence-electron chi connectivity index (χ0n) is 13.4. The van der Waals surface area contributed by atoms with Crippen molar-refractivity contribution in [2.75, 3.05) is 5.32 Å². The second kappa shape index (κ2) is 6.73. The monoisotopic (exact) mass is 384 g/mol. The van der Waals surface area contributed by atoms with Gasteiger partial charge in [0.05, 0.1) is 16.1 Å². The summed E-state index contributed by atoms with van der Waals surface area (Å²) in [5.74, 6) is -0.829. The van der Waals surface area contributed by atoms with E-state index in [1.165, 1.54) is 30.3 Å². The van der Waals surface area contributed by atoms with Crippen LogP contribution < -0.4 is 10.0 Å². The maximum atomic E-state index is 13.0. The highest BCUT2D eigenvalue weighted by atomic mass is 32.2. The van der Waals surface area contributed by atoms with Gasteiger partial charge in [-0.25, -0.2) is 13.1 Å². The summed E-state index contributed by atoms with van der Waals surface area (Å²) < 4.78 is 65.9. The number of sulfonamides is 1. The Morgan fingerprint density at radius 3 is 2.38 bits per heavy atom. The first-order valence-electron chi connectivity index (χ1n) is 7.77. The summed E-state index contributed by atoms with van der Waals surface area (Å²) in [7, 11) is -3.77. The molecule has 2 aromatic carbocycles. The molecule has 1 saturated carbocycles. The standard InChI is InChI=1S/C17H15F3N2O3S/c18-17(19,20)14-6-1-2-7-15(14)21-16(23)11-4-3-5-13(10-11)26(24,25)22-12-8-9-12/h1-7,10,12,22H,8-9H2,(H,21,23). The number of para-hydroxylation sites is 1. The maximum absolute atomic E-state index is 13.0. The van der Waals surface area contributed by atoms with Crippen LogP contribution in [0.2, 0.25) is 0 Å². The van der Waals surface area contributed by atoms with Crippen LogP contribution in [0, 0.1) is 0 Å². The van der Waals surface area contributed by atoms with Crippen molar-refractivity contribution < 1.29 is 26.4 Å². The number of amides is 1. The Labute approximate surface area is 148 Å². The molecule has 5 nitrogen and oxygen atoms in total. The molecule has 1 aliphatic carbocycles. The van der Waals surface area contributed by atoms with E-state index in [-0.39, 0.29) is 16.5 Å². The third-order valence-electron chi connectivity index (χ3n) is 3.79. The van der Waals surface area contributed by atoms with Crippen molar-refractivity contribution in [2.24, 2.45) is 0 Å². The Morgan fingerprint density at radius 1 is 1.04 bits per heavy atom. The van der Waals surface area contributed by atoms with Crippen molar-refractivity contribution in [1.82, 2.24) is 4.72 Å². The molecule has 0 atom stereocenters. The Balaban J connectivity index is 1.84. The normalized spacial score (nSPS) is 14.9. The van der Waals surface area contributed by atoms with Gasteiger partial charge in [0.2, 0.25) is 10.0 Å². The third-order valence-corrected chi connectivity index (χ3v) is 5.30. The van der Waals surface area contributed by atoms with Crippen LogP contribution in [0.15, 0.2) is 53.4 Å². The minimum atomic E-state index is -4.62. The SMILES string of the molecule is O=C(Nc1ccccc1C(F)(F)F)c1cccc(S(=O)(=O)NC2CC2)c1. The van der Waals surface area contributed by atoms with Crippen LogP contribution in [0.3, 0.4) is 0 Å². The molecule has 2 N–H and O–H groups in total. The van der Waals surface area contributed by atoms with Crippen molar-refractivity contribution in [2.45, 2.75) is 30.0 Å². The van der Waals surface area contributed by atoms with Gasteiger partial charge in [0.15, 0.2) is 0 Å². The lowest BCUT2D eigenvalue weighted by atomic mass is 10.1. The molecule has 0 aromatic heterocycles. The Hall–Kier alpha value is -2.39. The zero-order chi connectivity index (χ0) is 18.9. The van der Waals surface area contributed by atoms with Crippen LogP contribution in [-0.4, -0.2) is 20.4 Å². The predicted octanol–water partition coefficient (Wildman–Crippen LogP) is 3.40. The molecule has 0 aliphatic heterocycles. The first-order chi connectivity index (χ1) is 12.2. The highest BCUT2D eigenvalue weighted by Crippen LogP contribution is 2.34. The number of anilines is 1. The fourth-order valence-corrected chi connectivity index (χ4v) is 3.68. The van der Waals surface area contributed by atoms with Crippen LogP contribution >= 0.6 is 0 Å². The van der Waals surface area contributed by atoms with Gasteiger partial charge in [-0.15, -0.1) is 0 Å². The van der Waals surface area contributed by atoms with Gasteiger partial charge in [0, 0.05) is 11.6 Å². The fraction of sp³-hybridized carbons (Fsp3) is 0.235. The van der Waals surface area contributed by atoms with Crippen molar-refractivity contribution in [1.29, 1.82) is 0 Å². The second-order valence-electron chi connectivity index (χ2n) is 5.92. The summed E-state index contributed by atoms with van der Waals surface area (Å²) in [6.45, 7) is 0. The van der Waals surface area contributed by atoms with E-state index in [0.717, 1.165) is 31.0 Å². The summed E-state index contributed by atoms with van der Waals surface area (Å²) in [5, 5.41) is 2.19. The minimum Gasteiger partial charge on any atom is -0.321 e. The van der Waals surface area contributed by atoms with Gasteiger partial charge in [0.1, 0.15) is 0 Å². The molecule has 0 radical (unpaired) electrons. The number of benzene rings is 2. The molecule has 1 fully saturated rings. The second-order valence-corrected chi connectivity index (χ2v) is 7.63. The van der Waals surface area contributed by atoms with Gasteiger partial charge in [0.25, 0.3) is 5.91 Å². The number of rotatable bonds is 5. The minimum absolute atomic E-state index is 0.0550. The van der Waals surface area contributed by atoms with Crippen LogP contribution in [0.5, 0.6) is 0 Å². The van der Waals surface area contributed by atoms with E-state index in [0.29, 0.717) is 0 Å². The molecule has 0 heterocycles. The number of alkyl halides is 3. The molecular formula is C17H15F3N2O3S. The van der Waals surface area contributed by atoms with Gasteiger partial charge >= 0.3 is 6.18 Å². The lowest BCUT2D eigenvalue weighted by Gasteiger charge is -2.14. The molecule has 1 amide bonds. The predicted molar refractivity (Wildman–Crippen MR) is 89.2 cm³/mol. The van der Waals surface area contributed by atoms with Crippen LogP contribution in [0.25, 0.3) is 0 Å². The molecule has 138 valence electrons. The molecule has 0 saturated heterocycles. The number of hydrogen-bond acceptors (Lipinski definition) is 3. The lowest BCUT2D eigenvalue weighted by Crippen LogP contribution is -2.26. The van der Waals surface area contributed by atoms with Crippen molar-refractivity contribution in [3.63, 3.8) is 0 Å². The van der Waals surface area contributed by atoms with E-state index >= 15 is 0 Å². The quantitative estimate of drug-likeness (QED) is 0.830. The lowest BCUT2D eigenvalue weighted by molar-refractivity contribution is -0.136. The topological polar surface area (TPSA) is 75.3 Å². The fourth-order valence-electron chi connectivity index (χ4n) is 2.33. The molecule has 0 spiro atoms. The van der Waals surface area contributed by atoms with Crippen molar-refractivity contribution >= 4 is 21.6 Å². The summed E-state index contributed by atoms with van der Waals surface area (Å²) in [6, 6.07) is 9.64. The average Bonchev–Trinajstić information content (AvgIpc) is 3.38. The van der Waals surface area contributed by atoms with Crippen molar-refractivity contribution in [3.05, 3.63) is 59.7 Å². The molecule has 2 aromatic rings. The zero-order valence-corrected chi connectivity index (χ0v) is 14.2. The van der Waals surface area contributed by atoms with Crippen LogP contribution in [0.1, 0.15) is 28.8 Å². The first kappa shape index (κ1) is 18.4. The molecule has 0 bridgehead atoms. The highest BCUT2D eigenvalue weighted by Gasteiger charge is 2.33. The summed E-state index contributed by atoms with van der Waals surface area (Å²) in [5.41, 5.74) is -1.43. The van der Waals surface area contributed by atoms with Gasteiger partial charge < -0.3 is 5.32 Å². The summed E-state index contributed by atoms with van der Waals surface area (Å²) in [4.78, 5) is 12.2. The molecule has 26 heavy (non-hydrogen) atoms. The summed E-state index contributed by atoms with van der Waals surface area (Å²) in [6.07, 6.45) is -3.11. The Morgan fingerprint density at radius 2 is 1.73 bits per heavy atom. The Bertz CT molecular complexity index is 938.